The van der Waals surface area contributed by atoms with Crippen molar-refractivity contribution >= 4 is 11.9 Å². The summed E-state index contributed by atoms with van der Waals surface area (Å²) >= 11 is 0. The standard InChI is InChI=1S/C22H27N3O3/c1-17-7-5-10-19(15-17)28-14-12-23-22(27)24-20(18-8-3-2-4-9-18)16-25-13-6-11-21(25)26/h2-5,7-10,15,20H,6,11-14,16H2,1H3,(H2,23,24,27). The number of carbonyl (C=O) groups is 2. The third-order valence-corrected chi connectivity index (χ3v) is 4.73. The molecule has 1 unspecified atom stereocenters. The number of carbonyl (C=O) groups excluding carboxylic acids is 2. The van der Waals surface area contributed by atoms with Crippen LogP contribution >= 0.6 is 0 Å². The van der Waals surface area contributed by atoms with Gasteiger partial charge in [-0.25, -0.2) is 4.79 Å². The molecule has 0 bridgehead atoms. The number of urea groups is 1. The zero-order valence-corrected chi connectivity index (χ0v) is 16.2. The first-order valence-electron chi connectivity index (χ1n) is 9.68. The van der Waals surface area contributed by atoms with Gasteiger partial charge < -0.3 is 20.3 Å². The highest BCUT2D eigenvalue weighted by molar-refractivity contribution is 5.78. The zero-order chi connectivity index (χ0) is 19.8. The molecule has 2 aromatic carbocycles. The quantitative estimate of drug-likeness (QED) is 0.691. The summed E-state index contributed by atoms with van der Waals surface area (Å²) in [5.41, 5.74) is 2.11. The Labute approximate surface area is 165 Å². The predicted molar refractivity (Wildman–Crippen MR) is 108 cm³/mol. The van der Waals surface area contributed by atoms with E-state index in [1.807, 2.05) is 66.4 Å². The Morgan fingerprint density at radius 3 is 2.71 bits per heavy atom. The first-order valence-corrected chi connectivity index (χ1v) is 9.68. The van der Waals surface area contributed by atoms with E-state index in [9.17, 15) is 9.59 Å². The van der Waals surface area contributed by atoms with Crippen LogP contribution in [-0.4, -0.2) is 43.1 Å². The van der Waals surface area contributed by atoms with Gasteiger partial charge in [0.2, 0.25) is 5.91 Å². The smallest absolute Gasteiger partial charge is 0.315 e. The minimum atomic E-state index is -0.270. The van der Waals surface area contributed by atoms with Crippen molar-refractivity contribution in [3.63, 3.8) is 0 Å². The Morgan fingerprint density at radius 2 is 2.00 bits per heavy atom. The van der Waals surface area contributed by atoms with Crippen molar-refractivity contribution in [1.82, 2.24) is 15.5 Å². The van der Waals surface area contributed by atoms with Gasteiger partial charge in [-0.3, -0.25) is 4.79 Å². The van der Waals surface area contributed by atoms with Gasteiger partial charge in [-0.1, -0.05) is 42.5 Å². The van der Waals surface area contributed by atoms with Crippen LogP contribution in [0.4, 0.5) is 4.79 Å². The lowest BCUT2D eigenvalue weighted by atomic mass is 10.1. The Morgan fingerprint density at radius 1 is 1.18 bits per heavy atom. The van der Waals surface area contributed by atoms with E-state index >= 15 is 0 Å². The average molecular weight is 381 g/mol. The Balaban J connectivity index is 1.50. The molecule has 0 aliphatic carbocycles. The van der Waals surface area contributed by atoms with Gasteiger partial charge in [-0.05, 0) is 36.6 Å². The number of ether oxygens (including phenoxy) is 1. The molecule has 0 radical (unpaired) electrons. The normalized spacial score (nSPS) is 14.6. The van der Waals surface area contributed by atoms with Crippen molar-refractivity contribution < 1.29 is 14.3 Å². The number of hydrogen-bond donors (Lipinski definition) is 2. The molecule has 1 heterocycles. The molecular weight excluding hydrogens is 354 g/mol. The molecule has 3 rings (SSSR count). The van der Waals surface area contributed by atoms with Gasteiger partial charge in [0.25, 0.3) is 0 Å². The molecular formula is C22H27N3O3. The summed E-state index contributed by atoms with van der Waals surface area (Å²) in [4.78, 5) is 26.2. The van der Waals surface area contributed by atoms with E-state index in [2.05, 4.69) is 10.6 Å². The highest BCUT2D eigenvalue weighted by Gasteiger charge is 2.25. The summed E-state index contributed by atoms with van der Waals surface area (Å²) in [6, 6.07) is 17.0. The molecule has 0 aromatic heterocycles. The first kappa shape index (κ1) is 19.7. The van der Waals surface area contributed by atoms with Crippen LogP contribution in [0.25, 0.3) is 0 Å². The number of hydrogen-bond acceptors (Lipinski definition) is 3. The molecule has 0 spiro atoms. The number of nitrogens with one attached hydrogen (secondary N) is 2. The summed E-state index contributed by atoms with van der Waals surface area (Å²) in [5.74, 6) is 0.937. The zero-order valence-electron chi connectivity index (χ0n) is 16.2. The first-order chi connectivity index (χ1) is 13.6. The van der Waals surface area contributed by atoms with Crippen LogP contribution in [-0.2, 0) is 4.79 Å². The van der Waals surface area contributed by atoms with E-state index in [-0.39, 0.29) is 18.0 Å². The molecule has 148 valence electrons. The van der Waals surface area contributed by atoms with E-state index in [1.54, 1.807) is 0 Å². The molecule has 1 aliphatic rings. The Hall–Kier alpha value is -3.02. The molecule has 1 fully saturated rings. The third-order valence-electron chi connectivity index (χ3n) is 4.73. The van der Waals surface area contributed by atoms with Crippen molar-refractivity contribution in [3.8, 4) is 5.75 Å². The molecule has 2 N–H and O–H groups in total. The van der Waals surface area contributed by atoms with E-state index in [0.29, 0.717) is 26.1 Å². The van der Waals surface area contributed by atoms with E-state index in [1.165, 1.54) is 0 Å². The van der Waals surface area contributed by atoms with E-state index < -0.39 is 0 Å². The van der Waals surface area contributed by atoms with Crippen molar-refractivity contribution in [2.45, 2.75) is 25.8 Å². The predicted octanol–water partition coefficient (Wildman–Crippen LogP) is 3.04. The van der Waals surface area contributed by atoms with Crippen LogP contribution in [0.1, 0.15) is 30.0 Å². The van der Waals surface area contributed by atoms with Crippen LogP contribution in [0.15, 0.2) is 54.6 Å². The van der Waals surface area contributed by atoms with Crippen molar-refractivity contribution in [3.05, 3.63) is 65.7 Å². The molecule has 2 aromatic rings. The number of nitrogens with zero attached hydrogens (tertiary/aromatic N) is 1. The summed E-state index contributed by atoms with van der Waals surface area (Å²) in [7, 11) is 0. The topological polar surface area (TPSA) is 70.7 Å². The molecule has 6 heteroatoms. The summed E-state index contributed by atoms with van der Waals surface area (Å²) in [6.07, 6.45) is 1.47. The molecule has 6 nitrogen and oxygen atoms in total. The molecule has 1 aliphatic heterocycles. The van der Waals surface area contributed by atoms with Gasteiger partial charge in [0.15, 0.2) is 0 Å². The van der Waals surface area contributed by atoms with Gasteiger partial charge in [0.05, 0.1) is 12.6 Å². The van der Waals surface area contributed by atoms with Crippen LogP contribution in [0, 0.1) is 6.92 Å². The highest BCUT2D eigenvalue weighted by Crippen LogP contribution is 2.18. The van der Waals surface area contributed by atoms with Gasteiger partial charge in [-0.2, -0.15) is 0 Å². The number of rotatable bonds is 8. The van der Waals surface area contributed by atoms with Gasteiger partial charge in [0, 0.05) is 19.5 Å². The fraction of sp³-hybridized carbons (Fsp3) is 0.364. The molecule has 1 atom stereocenters. The van der Waals surface area contributed by atoms with E-state index in [4.69, 9.17) is 4.74 Å². The maximum Gasteiger partial charge on any atom is 0.315 e. The summed E-state index contributed by atoms with van der Waals surface area (Å²) in [6.45, 7) is 4.01. The van der Waals surface area contributed by atoms with Crippen LogP contribution in [0.2, 0.25) is 0 Å². The highest BCUT2D eigenvalue weighted by atomic mass is 16.5. The third kappa shape index (κ3) is 5.74. The maximum atomic E-state index is 12.4. The molecule has 1 saturated heterocycles. The van der Waals surface area contributed by atoms with Crippen molar-refractivity contribution in [2.75, 3.05) is 26.2 Å². The minimum Gasteiger partial charge on any atom is -0.492 e. The Bertz CT molecular complexity index is 795. The number of benzene rings is 2. The second-order valence-corrected chi connectivity index (χ2v) is 6.97. The van der Waals surface area contributed by atoms with Gasteiger partial charge >= 0.3 is 6.03 Å². The average Bonchev–Trinajstić information content (AvgIpc) is 3.10. The minimum absolute atomic E-state index is 0.148. The largest absolute Gasteiger partial charge is 0.492 e. The van der Waals surface area contributed by atoms with Crippen molar-refractivity contribution in [1.29, 1.82) is 0 Å². The summed E-state index contributed by atoms with van der Waals surface area (Å²) in [5, 5.41) is 5.81. The van der Waals surface area contributed by atoms with Crippen LogP contribution in [0.5, 0.6) is 5.75 Å². The Kier molecular flexibility index (Phi) is 6.89. The molecule has 3 amide bonds. The fourth-order valence-electron chi connectivity index (χ4n) is 3.29. The van der Waals surface area contributed by atoms with Crippen LogP contribution < -0.4 is 15.4 Å². The van der Waals surface area contributed by atoms with Gasteiger partial charge in [0.1, 0.15) is 12.4 Å². The van der Waals surface area contributed by atoms with E-state index in [0.717, 1.165) is 29.8 Å². The summed E-state index contributed by atoms with van der Waals surface area (Å²) < 4.78 is 5.65. The van der Waals surface area contributed by atoms with Gasteiger partial charge in [-0.15, -0.1) is 0 Å². The lowest BCUT2D eigenvalue weighted by Gasteiger charge is -2.25. The second kappa shape index (κ2) is 9.78. The maximum absolute atomic E-state index is 12.4. The lowest BCUT2D eigenvalue weighted by Crippen LogP contribution is -2.44. The van der Waals surface area contributed by atoms with Crippen LogP contribution in [0.3, 0.4) is 0 Å². The number of likely N-dealkylation sites (tertiary alicyclic amines) is 1. The number of aryl methyl sites for hydroxylation is 1. The monoisotopic (exact) mass is 381 g/mol. The molecule has 0 saturated carbocycles. The lowest BCUT2D eigenvalue weighted by molar-refractivity contribution is -0.128. The second-order valence-electron chi connectivity index (χ2n) is 6.97. The fourth-order valence-corrected chi connectivity index (χ4v) is 3.29. The van der Waals surface area contributed by atoms with Crippen molar-refractivity contribution in [2.24, 2.45) is 0 Å². The SMILES string of the molecule is Cc1cccc(OCCNC(=O)NC(CN2CCCC2=O)c2ccccc2)c1. The number of amides is 3. The molecule has 28 heavy (non-hydrogen) atoms.